The van der Waals surface area contributed by atoms with Gasteiger partial charge in [-0.1, -0.05) is 18.2 Å². The van der Waals surface area contributed by atoms with E-state index in [1.165, 1.54) is 23.5 Å². The highest BCUT2D eigenvalue weighted by Crippen LogP contribution is 2.26. The monoisotopic (exact) mass is 478 g/mol. The molecule has 1 heterocycles. The van der Waals surface area contributed by atoms with E-state index in [-0.39, 0.29) is 16.7 Å². The number of carbonyl (C=O) groups excluding carboxylic acids is 1. The van der Waals surface area contributed by atoms with E-state index in [1.807, 2.05) is 30.3 Å². The van der Waals surface area contributed by atoms with Gasteiger partial charge >= 0.3 is 0 Å². The van der Waals surface area contributed by atoms with Crippen molar-refractivity contribution >= 4 is 33.0 Å². The van der Waals surface area contributed by atoms with E-state index < -0.39 is 10.0 Å². The Bertz CT molecular complexity index is 1240. The molecule has 34 heavy (non-hydrogen) atoms. The third-order valence-electron chi connectivity index (χ3n) is 5.69. The second-order valence-electron chi connectivity index (χ2n) is 7.93. The molecule has 4 rings (SSSR count). The quantitative estimate of drug-likeness (QED) is 0.475. The Kier molecular flexibility index (Phi) is 7.34. The Balaban J connectivity index is 1.30. The molecular formula is C25H26N4O4S. The van der Waals surface area contributed by atoms with Gasteiger partial charge in [0.05, 0.1) is 23.4 Å². The molecule has 0 radical (unpaired) electrons. The van der Waals surface area contributed by atoms with Crippen LogP contribution in [-0.2, 0) is 14.8 Å². The van der Waals surface area contributed by atoms with Crippen LogP contribution in [0.25, 0.3) is 0 Å². The van der Waals surface area contributed by atoms with Crippen LogP contribution < -0.4 is 10.1 Å². The molecule has 1 fully saturated rings. The molecular weight excluding hydrogens is 452 g/mol. The first-order valence-corrected chi connectivity index (χ1v) is 12.4. The van der Waals surface area contributed by atoms with Crippen LogP contribution in [0.3, 0.4) is 0 Å². The van der Waals surface area contributed by atoms with Gasteiger partial charge in [-0.25, -0.2) is 8.42 Å². The summed E-state index contributed by atoms with van der Waals surface area (Å²) in [6.45, 7) is 0.594. The van der Waals surface area contributed by atoms with Crippen molar-refractivity contribution in [2.45, 2.75) is 17.7 Å². The maximum Gasteiger partial charge on any atom is 0.243 e. The number of carbonyl (C=O) groups is 1. The van der Waals surface area contributed by atoms with E-state index in [4.69, 9.17) is 4.74 Å². The van der Waals surface area contributed by atoms with Crippen molar-refractivity contribution in [3.05, 3.63) is 78.9 Å². The first-order valence-electron chi connectivity index (χ1n) is 11.0. The van der Waals surface area contributed by atoms with Gasteiger partial charge in [-0.2, -0.15) is 14.5 Å². The van der Waals surface area contributed by atoms with Crippen molar-refractivity contribution in [2.75, 3.05) is 25.5 Å². The topological polar surface area (TPSA) is 100 Å². The molecule has 8 nitrogen and oxygen atoms in total. The molecule has 1 N–H and O–H groups in total. The number of ether oxygens (including phenoxy) is 1. The molecule has 1 aliphatic rings. The second kappa shape index (κ2) is 10.6. The predicted octanol–water partition coefficient (Wildman–Crippen LogP) is 5.15. The lowest BCUT2D eigenvalue weighted by Crippen LogP contribution is -2.41. The number of nitrogens with zero attached hydrogens (tertiary/aromatic N) is 3. The van der Waals surface area contributed by atoms with Crippen molar-refractivity contribution in [3.63, 3.8) is 0 Å². The largest absolute Gasteiger partial charge is 0.497 e. The Morgan fingerprint density at radius 2 is 1.47 bits per heavy atom. The van der Waals surface area contributed by atoms with Crippen molar-refractivity contribution in [2.24, 2.45) is 16.1 Å². The number of nitrogens with one attached hydrogen (secondary N) is 1. The number of anilines is 1. The average Bonchev–Trinajstić information content (AvgIpc) is 2.89. The van der Waals surface area contributed by atoms with Crippen LogP contribution in [0.5, 0.6) is 5.75 Å². The molecule has 3 aromatic carbocycles. The van der Waals surface area contributed by atoms with Crippen LogP contribution in [0.1, 0.15) is 12.8 Å². The number of sulfonamides is 1. The van der Waals surface area contributed by atoms with Crippen LogP contribution in [0.4, 0.5) is 17.1 Å². The molecule has 0 saturated carbocycles. The number of amides is 1. The highest BCUT2D eigenvalue weighted by atomic mass is 32.2. The van der Waals surface area contributed by atoms with Crippen LogP contribution in [-0.4, -0.2) is 38.8 Å². The van der Waals surface area contributed by atoms with Gasteiger partial charge in [0, 0.05) is 24.7 Å². The van der Waals surface area contributed by atoms with Gasteiger partial charge in [0.25, 0.3) is 0 Å². The van der Waals surface area contributed by atoms with Crippen LogP contribution in [0, 0.1) is 5.92 Å². The fourth-order valence-corrected chi connectivity index (χ4v) is 5.19. The Morgan fingerprint density at radius 1 is 0.882 bits per heavy atom. The van der Waals surface area contributed by atoms with E-state index in [9.17, 15) is 13.2 Å². The predicted molar refractivity (Wildman–Crippen MR) is 130 cm³/mol. The molecule has 1 saturated heterocycles. The minimum absolute atomic E-state index is 0.111. The highest BCUT2D eigenvalue weighted by molar-refractivity contribution is 7.89. The molecule has 176 valence electrons. The van der Waals surface area contributed by atoms with Gasteiger partial charge in [-0.15, -0.1) is 0 Å². The molecule has 0 aromatic heterocycles. The molecule has 0 aliphatic carbocycles. The number of methoxy groups -OCH3 is 1. The summed E-state index contributed by atoms with van der Waals surface area (Å²) in [5, 5.41) is 11.3. The standard InChI is InChI=1S/C25H26N4O4S/c1-33-23-11-13-24(14-12-23)34(31,32)29-17-15-19(16-18-29)25(30)26-20-7-9-22(10-8-20)28-27-21-5-3-2-4-6-21/h2-14,19H,15-18H2,1H3,(H,26,30). The summed E-state index contributed by atoms with van der Waals surface area (Å²) in [7, 11) is -2.07. The first kappa shape index (κ1) is 23.6. The molecule has 0 unspecified atom stereocenters. The SMILES string of the molecule is COc1ccc(S(=O)(=O)N2CCC(C(=O)Nc3ccc(N=Nc4ccccc4)cc3)CC2)cc1. The third kappa shape index (κ3) is 5.67. The summed E-state index contributed by atoms with van der Waals surface area (Å²) >= 11 is 0. The van der Waals surface area contributed by atoms with Crippen molar-refractivity contribution < 1.29 is 17.9 Å². The Hall–Kier alpha value is -3.56. The molecule has 0 spiro atoms. The van der Waals surface area contributed by atoms with Gasteiger partial charge in [0.1, 0.15) is 5.75 Å². The van der Waals surface area contributed by atoms with Crippen LogP contribution in [0.15, 0.2) is 94.0 Å². The fourth-order valence-electron chi connectivity index (χ4n) is 3.72. The normalized spacial score (nSPS) is 15.3. The fraction of sp³-hybridized carbons (Fsp3) is 0.240. The average molecular weight is 479 g/mol. The number of hydrogen-bond donors (Lipinski definition) is 1. The molecule has 9 heteroatoms. The van der Waals surface area contributed by atoms with Gasteiger partial charge in [-0.3, -0.25) is 4.79 Å². The Morgan fingerprint density at radius 3 is 2.06 bits per heavy atom. The lowest BCUT2D eigenvalue weighted by molar-refractivity contribution is -0.120. The number of rotatable bonds is 7. The molecule has 1 aliphatic heterocycles. The highest BCUT2D eigenvalue weighted by Gasteiger charge is 2.32. The minimum atomic E-state index is -3.60. The number of azo groups is 1. The summed E-state index contributed by atoms with van der Waals surface area (Å²) in [5.41, 5.74) is 2.11. The molecule has 0 bridgehead atoms. The van der Waals surface area contributed by atoms with Crippen molar-refractivity contribution in [1.82, 2.24) is 4.31 Å². The van der Waals surface area contributed by atoms with Gasteiger partial charge in [0.15, 0.2) is 0 Å². The van der Waals surface area contributed by atoms with Crippen LogP contribution in [0.2, 0.25) is 0 Å². The van der Waals surface area contributed by atoms with Gasteiger partial charge < -0.3 is 10.1 Å². The zero-order valence-corrected chi connectivity index (χ0v) is 19.6. The molecule has 0 atom stereocenters. The van der Waals surface area contributed by atoms with Gasteiger partial charge in [0.2, 0.25) is 15.9 Å². The molecule has 3 aromatic rings. The zero-order chi connectivity index (χ0) is 24.0. The van der Waals surface area contributed by atoms with Crippen LogP contribution >= 0.6 is 0 Å². The summed E-state index contributed by atoms with van der Waals surface area (Å²) in [6, 6.07) is 22.9. The third-order valence-corrected chi connectivity index (χ3v) is 7.61. The summed E-state index contributed by atoms with van der Waals surface area (Å²) < 4.78 is 32.3. The minimum Gasteiger partial charge on any atom is -0.497 e. The lowest BCUT2D eigenvalue weighted by Gasteiger charge is -2.30. The van der Waals surface area contributed by atoms with Crippen molar-refractivity contribution in [3.8, 4) is 5.75 Å². The summed E-state index contributed by atoms with van der Waals surface area (Å²) in [5.74, 6) is 0.238. The zero-order valence-electron chi connectivity index (χ0n) is 18.8. The van der Waals surface area contributed by atoms with E-state index in [0.29, 0.717) is 43.1 Å². The van der Waals surface area contributed by atoms with E-state index in [0.717, 1.165) is 5.69 Å². The summed E-state index contributed by atoms with van der Waals surface area (Å²) in [4.78, 5) is 12.9. The number of piperidine rings is 1. The Labute approximate surface area is 199 Å². The maximum atomic E-state index is 12.9. The van der Waals surface area contributed by atoms with E-state index in [1.54, 1.807) is 36.4 Å². The lowest BCUT2D eigenvalue weighted by atomic mass is 9.97. The number of hydrogen-bond acceptors (Lipinski definition) is 6. The molecule has 1 amide bonds. The second-order valence-corrected chi connectivity index (χ2v) is 9.86. The summed E-state index contributed by atoms with van der Waals surface area (Å²) in [6.07, 6.45) is 0.926. The smallest absolute Gasteiger partial charge is 0.243 e. The maximum absolute atomic E-state index is 12.9. The van der Waals surface area contributed by atoms with Gasteiger partial charge in [-0.05, 0) is 73.5 Å². The first-order chi connectivity index (χ1) is 16.5. The number of benzene rings is 3. The van der Waals surface area contributed by atoms with E-state index in [2.05, 4.69) is 15.5 Å². The van der Waals surface area contributed by atoms with E-state index >= 15 is 0 Å². The van der Waals surface area contributed by atoms with Crippen molar-refractivity contribution in [1.29, 1.82) is 0 Å².